The number of aromatic amines is 1. The van der Waals surface area contributed by atoms with E-state index in [4.69, 9.17) is 11.6 Å². The van der Waals surface area contributed by atoms with Crippen molar-refractivity contribution in [1.29, 1.82) is 0 Å². The zero-order valence-corrected chi connectivity index (χ0v) is 20.9. The second-order valence-corrected chi connectivity index (χ2v) is 11.6. The molecule has 3 aromatic rings. The van der Waals surface area contributed by atoms with Gasteiger partial charge in [-0.05, 0) is 57.6 Å². The summed E-state index contributed by atoms with van der Waals surface area (Å²) in [7, 11) is -3.22. The Bertz CT molecular complexity index is 1320. The Kier molecular flexibility index (Phi) is 6.86. The molecule has 0 radical (unpaired) electrons. The van der Waals surface area contributed by atoms with Crippen LogP contribution < -0.4 is 5.32 Å². The maximum atomic E-state index is 12.5. The van der Waals surface area contributed by atoms with Crippen molar-refractivity contribution in [2.45, 2.75) is 58.2 Å². The zero-order chi connectivity index (χ0) is 24.5. The minimum atomic E-state index is -3.22. The number of piperidine rings is 1. The third kappa shape index (κ3) is 4.63. The summed E-state index contributed by atoms with van der Waals surface area (Å²) >= 11 is 0. The number of H-pyrrole nitrogens is 1. The van der Waals surface area contributed by atoms with Crippen LogP contribution in [0.2, 0.25) is 0 Å². The van der Waals surface area contributed by atoms with Gasteiger partial charge in [0.1, 0.15) is 5.65 Å². The van der Waals surface area contributed by atoms with Gasteiger partial charge in [-0.15, -0.1) is 0 Å². The van der Waals surface area contributed by atoms with Gasteiger partial charge in [-0.2, -0.15) is 0 Å². The summed E-state index contributed by atoms with van der Waals surface area (Å²) in [5.74, 6) is 0.789. The number of anilines is 1. The van der Waals surface area contributed by atoms with E-state index >= 15 is 0 Å². The van der Waals surface area contributed by atoms with Gasteiger partial charge in [-0.1, -0.05) is 6.92 Å². The molecule has 34 heavy (non-hydrogen) atoms. The lowest BCUT2D eigenvalue weighted by Crippen LogP contribution is -2.45. The predicted molar refractivity (Wildman–Crippen MR) is 134 cm³/mol. The molecular weight excluding hydrogens is 450 g/mol. The van der Waals surface area contributed by atoms with Crippen LogP contribution in [0.15, 0.2) is 24.7 Å². The molecule has 1 atom stereocenters. The monoisotopic (exact) mass is 481 g/mol. The molecular formula is C24H31N7O2S. The Hall–Kier alpha value is -3.03. The van der Waals surface area contributed by atoms with Crippen LogP contribution in [-0.2, 0) is 10.0 Å². The fraction of sp³-hybridized carbons (Fsp3) is 0.500. The van der Waals surface area contributed by atoms with E-state index in [0.29, 0.717) is 36.3 Å². The number of nitrogens with one attached hydrogen (secondary N) is 2. The molecule has 9 nitrogen and oxygen atoms in total. The Morgan fingerprint density at radius 2 is 2.00 bits per heavy atom. The molecule has 0 spiro atoms. The molecule has 1 saturated heterocycles. The highest BCUT2D eigenvalue weighted by molar-refractivity contribution is 7.89. The van der Waals surface area contributed by atoms with E-state index in [-0.39, 0.29) is 6.04 Å². The summed E-state index contributed by atoms with van der Waals surface area (Å²) in [6.45, 7) is 16.2. The second kappa shape index (κ2) is 9.68. The average Bonchev–Trinajstić information content (AvgIpc) is 3.25. The van der Waals surface area contributed by atoms with Gasteiger partial charge < -0.3 is 10.3 Å². The van der Waals surface area contributed by atoms with E-state index in [1.54, 1.807) is 30.5 Å². The molecule has 3 aromatic heterocycles. The molecule has 0 aromatic carbocycles. The fourth-order valence-electron chi connectivity index (χ4n) is 4.58. The smallest absolute Gasteiger partial charge is 0.231 e. The molecule has 4 rings (SSSR count). The van der Waals surface area contributed by atoms with E-state index in [0.717, 1.165) is 41.4 Å². The third-order valence-corrected chi connectivity index (χ3v) is 8.87. The number of hydrogen-bond acceptors (Lipinski definition) is 6. The second-order valence-electron chi connectivity index (χ2n) is 9.14. The summed E-state index contributed by atoms with van der Waals surface area (Å²) in [5.41, 5.74) is 3.55. The van der Waals surface area contributed by atoms with Crippen molar-refractivity contribution in [3.63, 3.8) is 0 Å². The van der Waals surface area contributed by atoms with Crippen molar-refractivity contribution in [3.8, 4) is 11.3 Å². The van der Waals surface area contributed by atoms with Crippen LogP contribution >= 0.6 is 0 Å². The zero-order valence-electron chi connectivity index (χ0n) is 20.0. The summed E-state index contributed by atoms with van der Waals surface area (Å²) < 4.78 is 26.6. The number of fused-ring (bicyclic) bond motifs is 1. The highest BCUT2D eigenvalue weighted by Gasteiger charge is 2.33. The molecule has 0 bridgehead atoms. The third-order valence-electron chi connectivity index (χ3n) is 6.59. The van der Waals surface area contributed by atoms with E-state index < -0.39 is 15.3 Å². The lowest BCUT2D eigenvalue weighted by molar-refractivity contribution is 0.247. The average molecular weight is 482 g/mol. The molecule has 2 N–H and O–H groups in total. The molecule has 1 unspecified atom stereocenters. The number of rotatable bonds is 7. The first kappa shape index (κ1) is 24.1. The van der Waals surface area contributed by atoms with Crippen molar-refractivity contribution in [1.82, 2.24) is 24.2 Å². The molecule has 0 amide bonds. The highest BCUT2D eigenvalue weighted by Crippen LogP contribution is 2.34. The first-order chi connectivity index (χ1) is 16.2. The van der Waals surface area contributed by atoms with Crippen LogP contribution in [0.4, 0.5) is 11.6 Å². The molecule has 1 fully saturated rings. The summed E-state index contributed by atoms with van der Waals surface area (Å²) in [4.78, 5) is 20.4. The van der Waals surface area contributed by atoms with Gasteiger partial charge in [0.15, 0.2) is 0 Å². The van der Waals surface area contributed by atoms with Crippen molar-refractivity contribution in [2.24, 2.45) is 5.92 Å². The van der Waals surface area contributed by atoms with Crippen LogP contribution in [0, 0.1) is 19.4 Å². The van der Waals surface area contributed by atoms with Crippen LogP contribution in [-0.4, -0.2) is 57.0 Å². The Morgan fingerprint density at radius 3 is 2.65 bits per heavy atom. The molecule has 1 aliphatic heterocycles. The van der Waals surface area contributed by atoms with Gasteiger partial charge in [-0.25, -0.2) is 32.5 Å². The van der Waals surface area contributed by atoms with Crippen LogP contribution in [0.1, 0.15) is 45.6 Å². The van der Waals surface area contributed by atoms with Crippen molar-refractivity contribution >= 4 is 32.7 Å². The lowest BCUT2D eigenvalue weighted by atomic mass is 9.89. The lowest BCUT2D eigenvalue weighted by Gasteiger charge is -2.36. The first-order valence-corrected chi connectivity index (χ1v) is 13.2. The van der Waals surface area contributed by atoms with Gasteiger partial charge in [-0.3, -0.25) is 0 Å². The topological polar surface area (TPSA) is 108 Å². The standard InChI is InChI=1S/C24H31N7O2S/c1-6-20(17-7-9-31(10-8-17)34(32,33)15(2)3)29-24-28-14-21(25-5)22(30-24)19-13-27-23-18(19)11-16(4)12-26-23/h11-15,17,20H,6-10H2,1-4H3,(H,26,27)(H,28,29,30). The van der Waals surface area contributed by atoms with Crippen molar-refractivity contribution in [3.05, 3.63) is 41.6 Å². The number of nitrogens with zero attached hydrogens (tertiary/aromatic N) is 5. The maximum absolute atomic E-state index is 12.5. The Balaban J connectivity index is 1.56. The minimum Gasteiger partial charge on any atom is -0.351 e. The minimum absolute atomic E-state index is 0.113. The van der Waals surface area contributed by atoms with Crippen LogP contribution in [0.25, 0.3) is 27.1 Å². The highest BCUT2D eigenvalue weighted by atomic mass is 32.2. The van der Waals surface area contributed by atoms with E-state index in [2.05, 4.69) is 32.0 Å². The normalized spacial score (nSPS) is 16.6. The summed E-state index contributed by atoms with van der Waals surface area (Å²) in [6, 6.07) is 2.15. The molecule has 1 aliphatic rings. The van der Waals surface area contributed by atoms with Crippen molar-refractivity contribution < 1.29 is 8.42 Å². The molecule has 10 heteroatoms. The van der Waals surface area contributed by atoms with Gasteiger partial charge in [0.2, 0.25) is 21.7 Å². The number of aryl methyl sites for hydroxylation is 1. The number of pyridine rings is 1. The van der Waals surface area contributed by atoms with Gasteiger partial charge in [0.25, 0.3) is 0 Å². The number of hydrogen-bond donors (Lipinski definition) is 2. The number of sulfonamides is 1. The van der Waals surface area contributed by atoms with E-state index in [1.165, 1.54) is 0 Å². The number of aromatic nitrogens is 4. The van der Waals surface area contributed by atoms with Crippen molar-refractivity contribution in [2.75, 3.05) is 18.4 Å². The Labute approximate surface area is 200 Å². The fourth-order valence-corrected chi connectivity index (χ4v) is 5.89. The molecule has 180 valence electrons. The SMILES string of the molecule is [C-]#[N+]c1cnc(NC(CC)C2CCN(S(=O)(=O)C(C)C)CC2)nc1-c1c[nH]c2ncc(C)cc12. The van der Waals surface area contributed by atoms with Gasteiger partial charge in [0.05, 0.1) is 17.5 Å². The first-order valence-electron chi connectivity index (χ1n) is 11.7. The van der Waals surface area contributed by atoms with Gasteiger partial charge >= 0.3 is 0 Å². The van der Waals surface area contributed by atoms with Crippen LogP contribution in [0.3, 0.4) is 0 Å². The van der Waals surface area contributed by atoms with E-state index in [9.17, 15) is 8.42 Å². The Morgan fingerprint density at radius 1 is 1.26 bits per heavy atom. The summed E-state index contributed by atoms with van der Waals surface area (Å²) in [5, 5.41) is 3.98. The molecule has 0 aliphatic carbocycles. The van der Waals surface area contributed by atoms with Crippen LogP contribution in [0.5, 0.6) is 0 Å². The quantitative estimate of drug-likeness (QED) is 0.480. The predicted octanol–water partition coefficient (Wildman–Crippen LogP) is 4.52. The van der Waals surface area contributed by atoms with Gasteiger partial charge in [0, 0.05) is 48.7 Å². The molecule has 0 saturated carbocycles. The molecule has 4 heterocycles. The maximum Gasteiger partial charge on any atom is 0.231 e. The summed E-state index contributed by atoms with van der Waals surface area (Å²) in [6.07, 6.45) is 7.63. The largest absolute Gasteiger partial charge is 0.351 e. The van der Waals surface area contributed by atoms with E-state index in [1.807, 2.05) is 19.2 Å².